The molecule has 0 fully saturated rings. The molecule has 0 bridgehead atoms. The zero-order chi connectivity index (χ0) is 16.0. The number of ether oxygens (including phenoxy) is 1. The van der Waals surface area contributed by atoms with Crippen LogP contribution >= 0.6 is 12.6 Å². The van der Waals surface area contributed by atoms with Crippen LogP contribution < -0.4 is 4.74 Å². The molecule has 1 N–H and O–H groups in total. The van der Waals surface area contributed by atoms with E-state index in [4.69, 9.17) is 4.74 Å². The first-order valence-corrected chi connectivity index (χ1v) is 7.59. The van der Waals surface area contributed by atoms with Crippen molar-refractivity contribution in [3.05, 3.63) is 42.4 Å². The smallest absolute Gasteiger partial charge is 0.161 e. The minimum absolute atomic E-state index is 0.672. The van der Waals surface area contributed by atoms with Crippen molar-refractivity contribution in [3.63, 3.8) is 0 Å². The van der Waals surface area contributed by atoms with Crippen LogP contribution in [0.4, 0.5) is 0 Å². The van der Waals surface area contributed by atoms with Gasteiger partial charge in [-0.25, -0.2) is 15.0 Å². The Morgan fingerprint density at radius 1 is 1.22 bits per heavy atom. The molecule has 0 amide bonds. The first-order valence-electron chi connectivity index (χ1n) is 7.14. The number of nitrogens with zero attached hydrogens (tertiary/aromatic N) is 3. The Hall–Kier alpha value is -2.60. The summed E-state index contributed by atoms with van der Waals surface area (Å²) in [5.74, 6) is 1.42. The van der Waals surface area contributed by atoms with Crippen LogP contribution in [-0.2, 0) is 0 Å². The lowest BCUT2D eigenvalue weighted by Crippen LogP contribution is -1.94. The Balaban J connectivity index is 2.08. The second-order valence-corrected chi connectivity index (χ2v) is 5.80. The summed E-state index contributed by atoms with van der Waals surface area (Å²) in [7, 11) is 1.66. The minimum Gasteiger partial charge on any atom is -0.495 e. The molecule has 2 aromatic carbocycles. The SMILES string of the molecule is COc1c(-c2nc3cncnc3[nH]2)c(S)cc2c(C)cccc12. The van der Waals surface area contributed by atoms with Gasteiger partial charge in [0.25, 0.3) is 0 Å². The lowest BCUT2D eigenvalue weighted by atomic mass is 10.0. The predicted octanol–water partition coefficient (Wildman–Crippen LogP) is 3.78. The van der Waals surface area contributed by atoms with Gasteiger partial charge < -0.3 is 9.72 Å². The summed E-state index contributed by atoms with van der Waals surface area (Å²) in [5.41, 5.74) is 3.40. The summed E-state index contributed by atoms with van der Waals surface area (Å²) < 4.78 is 5.70. The Bertz CT molecular complexity index is 1010. The van der Waals surface area contributed by atoms with E-state index in [-0.39, 0.29) is 0 Å². The summed E-state index contributed by atoms with van der Waals surface area (Å²) >= 11 is 4.66. The lowest BCUT2D eigenvalue weighted by molar-refractivity contribution is 0.420. The highest BCUT2D eigenvalue weighted by Gasteiger charge is 2.18. The van der Waals surface area contributed by atoms with Crippen LogP contribution in [-0.4, -0.2) is 27.0 Å². The third-order valence-corrected chi connectivity index (χ3v) is 4.29. The van der Waals surface area contributed by atoms with Crippen LogP contribution in [0, 0.1) is 6.92 Å². The third-order valence-electron chi connectivity index (χ3n) is 3.94. The Morgan fingerprint density at radius 2 is 2.09 bits per heavy atom. The maximum atomic E-state index is 5.70. The standard InChI is InChI=1S/C17H14N4OS/c1-9-4-3-5-10-11(9)6-13(23)14(15(10)22-2)17-20-12-7-18-8-19-16(12)21-17/h3-8,23H,1-2H3,(H,18,19,20,21). The quantitative estimate of drug-likeness (QED) is 0.551. The summed E-state index contributed by atoms with van der Waals surface area (Å²) in [4.78, 5) is 16.8. The van der Waals surface area contributed by atoms with Gasteiger partial charge in [-0.15, -0.1) is 12.6 Å². The van der Waals surface area contributed by atoms with E-state index in [0.717, 1.165) is 27.0 Å². The van der Waals surface area contributed by atoms with Crippen LogP contribution in [0.5, 0.6) is 5.75 Å². The maximum absolute atomic E-state index is 5.70. The van der Waals surface area contributed by atoms with Crippen molar-refractivity contribution < 1.29 is 4.74 Å². The lowest BCUT2D eigenvalue weighted by Gasteiger charge is -2.14. The van der Waals surface area contributed by atoms with Crippen molar-refractivity contribution in [2.75, 3.05) is 7.11 Å². The van der Waals surface area contributed by atoms with E-state index in [0.29, 0.717) is 17.0 Å². The molecular formula is C17H14N4OS. The molecule has 0 unspecified atom stereocenters. The molecular weight excluding hydrogens is 308 g/mol. The Kier molecular flexibility index (Phi) is 3.20. The third kappa shape index (κ3) is 2.14. The number of fused-ring (bicyclic) bond motifs is 2. The normalized spacial score (nSPS) is 11.3. The number of nitrogens with one attached hydrogen (secondary N) is 1. The maximum Gasteiger partial charge on any atom is 0.161 e. The molecule has 23 heavy (non-hydrogen) atoms. The predicted molar refractivity (Wildman–Crippen MR) is 93.2 cm³/mol. The van der Waals surface area contributed by atoms with Crippen molar-refractivity contribution in [1.82, 2.24) is 19.9 Å². The van der Waals surface area contributed by atoms with Crippen molar-refractivity contribution in [1.29, 1.82) is 0 Å². The minimum atomic E-state index is 0.672. The van der Waals surface area contributed by atoms with Gasteiger partial charge in [-0.2, -0.15) is 0 Å². The second kappa shape index (κ2) is 5.24. The molecule has 0 aliphatic rings. The fraction of sp³-hybridized carbons (Fsp3) is 0.118. The molecule has 114 valence electrons. The number of aromatic amines is 1. The van der Waals surface area contributed by atoms with E-state index < -0.39 is 0 Å². The van der Waals surface area contributed by atoms with Gasteiger partial charge in [0.05, 0.1) is 18.9 Å². The largest absolute Gasteiger partial charge is 0.495 e. The van der Waals surface area contributed by atoms with Crippen LogP contribution in [0.25, 0.3) is 33.3 Å². The van der Waals surface area contributed by atoms with Crippen molar-refractivity contribution in [2.45, 2.75) is 11.8 Å². The van der Waals surface area contributed by atoms with Gasteiger partial charge in [-0.05, 0) is 23.9 Å². The fourth-order valence-electron chi connectivity index (χ4n) is 2.85. The monoisotopic (exact) mass is 322 g/mol. The summed E-state index contributed by atoms with van der Waals surface area (Å²) in [6, 6.07) is 8.18. The zero-order valence-electron chi connectivity index (χ0n) is 12.7. The molecule has 0 radical (unpaired) electrons. The molecule has 2 aromatic heterocycles. The highest BCUT2D eigenvalue weighted by molar-refractivity contribution is 7.80. The van der Waals surface area contributed by atoms with Crippen LogP contribution in [0.1, 0.15) is 5.56 Å². The fourth-order valence-corrected chi connectivity index (χ4v) is 3.19. The van der Waals surface area contributed by atoms with Gasteiger partial charge in [0, 0.05) is 10.3 Å². The molecule has 0 saturated heterocycles. The molecule has 0 spiro atoms. The Morgan fingerprint density at radius 3 is 2.87 bits per heavy atom. The molecule has 2 heterocycles. The number of thiol groups is 1. The second-order valence-electron chi connectivity index (χ2n) is 5.32. The highest BCUT2D eigenvalue weighted by atomic mass is 32.1. The van der Waals surface area contributed by atoms with Gasteiger partial charge in [0.2, 0.25) is 0 Å². The molecule has 0 aliphatic carbocycles. The molecule has 0 atom stereocenters. The summed E-state index contributed by atoms with van der Waals surface area (Å²) in [6.45, 7) is 2.07. The molecule has 5 nitrogen and oxygen atoms in total. The average Bonchev–Trinajstić information content (AvgIpc) is 2.98. The van der Waals surface area contributed by atoms with Crippen LogP contribution in [0.3, 0.4) is 0 Å². The first kappa shape index (κ1) is 14.0. The van der Waals surface area contributed by atoms with E-state index >= 15 is 0 Å². The number of H-pyrrole nitrogens is 1. The highest BCUT2D eigenvalue weighted by Crippen LogP contribution is 2.41. The number of aryl methyl sites for hydroxylation is 1. The number of hydrogen-bond donors (Lipinski definition) is 2. The van der Waals surface area contributed by atoms with Crippen molar-refractivity contribution in [3.8, 4) is 17.1 Å². The van der Waals surface area contributed by atoms with E-state index in [1.54, 1.807) is 13.3 Å². The topological polar surface area (TPSA) is 63.7 Å². The van der Waals surface area contributed by atoms with E-state index in [1.165, 1.54) is 11.9 Å². The van der Waals surface area contributed by atoms with Crippen LogP contribution in [0.2, 0.25) is 0 Å². The summed E-state index contributed by atoms with van der Waals surface area (Å²) in [6.07, 6.45) is 3.17. The van der Waals surface area contributed by atoms with Crippen molar-refractivity contribution >= 4 is 34.6 Å². The molecule has 6 heteroatoms. The van der Waals surface area contributed by atoms with Gasteiger partial charge in [-0.1, -0.05) is 18.2 Å². The number of rotatable bonds is 2. The van der Waals surface area contributed by atoms with Crippen LogP contribution in [0.15, 0.2) is 41.7 Å². The number of aromatic nitrogens is 4. The van der Waals surface area contributed by atoms with E-state index in [9.17, 15) is 0 Å². The number of hydrogen-bond acceptors (Lipinski definition) is 5. The van der Waals surface area contributed by atoms with Crippen molar-refractivity contribution in [2.24, 2.45) is 0 Å². The molecule has 0 aliphatic heterocycles. The van der Waals surface area contributed by atoms with E-state index in [1.807, 2.05) is 18.2 Å². The van der Waals surface area contributed by atoms with Gasteiger partial charge in [0.1, 0.15) is 23.4 Å². The molecule has 0 saturated carbocycles. The number of imidazole rings is 1. The van der Waals surface area contributed by atoms with Gasteiger partial charge >= 0.3 is 0 Å². The number of benzene rings is 2. The average molecular weight is 322 g/mol. The molecule has 4 aromatic rings. The Labute approximate surface area is 138 Å². The zero-order valence-corrected chi connectivity index (χ0v) is 13.6. The van der Waals surface area contributed by atoms with Gasteiger partial charge in [0.15, 0.2) is 5.65 Å². The number of methoxy groups -OCH3 is 1. The van der Waals surface area contributed by atoms with Gasteiger partial charge in [-0.3, -0.25) is 0 Å². The first-order chi connectivity index (χ1) is 11.2. The summed E-state index contributed by atoms with van der Waals surface area (Å²) in [5, 5.41) is 2.15. The van der Waals surface area contributed by atoms with E-state index in [2.05, 4.69) is 45.6 Å². The molecule has 4 rings (SSSR count).